The van der Waals surface area contributed by atoms with Crippen molar-refractivity contribution in [1.82, 2.24) is 30.0 Å². The molecule has 1 saturated heterocycles. The molecule has 5 rings (SSSR count). The van der Waals surface area contributed by atoms with Gasteiger partial charge in [0.25, 0.3) is 11.8 Å². The fourth-order valence-electron chi connectivity index (χ4n) is 3.51. The standard InChI is InChI=1S/C20H18N6O3/c27-20(15-8-10-28-13-15)25-9-4-7-16(11-25)26-12-17(22-24-26)19-21-18(23-29-19)14-5-2-1-3-6-14/h1-3,5-6,8,10,12-13,16H,4,7,9,11H2. The number of hydrogen-bond donors (Lipinski definition) is 0. The van der Waals surface area contributed by atoms with E-state index in [-0.39, 0.29) is 11.9 Å². The third-order valence-corrected chi connectivity index (χ3v) is 5.01. The van der Waals surface area contributed by atoms with E-state index < -0.39 is 0 Å². The Balaban J connectivity index is 1.32. The van der Waals surface area contributed by atoms with Crippen LogP contribution in [0.1, 0.15) is 29.2 Å². The summed E-state index contributed by atoms with van der Waals surface area (Å²) in [5.74, 6) is 0.787. The van der Waals surface area contributed by atoms with Crippen molar-refractivity contribution in [1.29, 1.82) is 0 Å². The molecule has 29 heavy (non-hydrogen) atoms. The second kappa shape index (κ2) is 7.34. The number of amides is 1. The molecule has 1 aromatic carbocycles. The first-order chi connectivity index (χ1) is 14.3. The van der Waals surface area contributed by atoms with Crippen LogP contribution in [0.3, 0.4) is 0 Å². The highest BCUT2D eigenvalue weighted by atomic mass is 16.5. The van der Waals surface area contributed by atoms with Crippen molar-refractivity contribution in [2.75, 3.05) is 13.1 Å². The lowest BCUT2D eigenvalue weighted by molar-refractivity contribution is 0.0671. The van der Waals surface area contributed by atoms with E-state index in [4.69, 9.17) is 8.94 Å². The van der Waals surface area contributed by atoms with Gasteiger partial charge in [-0.3, -0.25) is 4.79 Å². The summed E-state index contributed by atoms with van der Waals surface area (Å²) in [5.41, 5.74) is 1.94. The molecule has 4 aromatic rings. The van der Waals surface area contributed by atoms with E-state index in [1.165, 1.54) is 12.5 Å². The van der Waals surface area contributed by atoms with Gasteiger partial charge >= 0.3 is 0 Å². The van der Waals surface area contributed by atoms with Crippen LogP contribution in [0.25, 0.3) is 23.0 Å². The molecule has 0 bridgehead atoms. The summed E-state index contributed by atoms with van der Waals surface area (Å²) in [4.78, 5) is 18.8. The zero-order valence-electron chi connectivity index (χ0n) is 15.5. The number of aromatic nitrogens is 5. The van der Waals surface area contributed by atoms with E-state index in [9.17, 15) is 4.79 Å². The minimum absolute atomic E-state index is 0.0341. The number of carbonyl (C=O) groups excluding carboxylic acids is 1. The van der Waals surface area contributed by atoms with Crippen molar-refractivity contribution >= 4 is 5.91 Å². The Morgan fingerprint density at radius 2 is 2.07 bits per heavy atom. The monoisotopic (exact) mass is 390 g/mol. The Morgan fingerprint density at radius 1 is 1.17 bits per heavy atom. The van der Waals surface area contributed by atoms with Crippen molar-refractivity contribution in [2.45, 2.75) is 18.9 Å². The van der Waals surface area contributed by atoms with Crippen LogP contribution < -0.4 is 0 Å². The molecule has 1 aliphatic rings. The Hall–Kier alpha value is -3.75. The molecule has 0 spiro atoms. The number of nitrogens with zero attached hydrogens (tertiary/aromatic N) is 6. The largest absolute Gasteiger partial charge is 0.472 e. The summed E-state index contributed by atoms with van der Waals surface area (Å²) in [6, 6.07) is 11.3. The highest BCUT2D eigenvalue weighted by Crippen LogP contribution is 2.25. The number of carbonyl (C=O) groups is 1. The van der Waals surface area contributed by atoms with Gasteiger partial charge < -0.3 is 13.8 Å². The van der Waals surface area contributed by atoms with Crippen LogP contribution in [-0.4, -0.2) is 49.0 Å². The number of likely N-dealkylation sites (tertiary alicyclic amines) is 1. The maximum absolute atomic E-state index is 12.6. The first-order valence-electron chi connectivity index (χ1n) is 9.41. The van der Waals surface area contributed by atoms with Crippen LogP contribution in [0.5, 0.6) is 0 Å². The van der Waals surface area contributed by atoms with E-state index in [0.29, 0.717) is 36.1 Å². The van der Waals surface area contributed by atoms with Crippen molar-refractivity contribution in [2.24, 2.45) is 0 Å². The molecule has 0 aliphatic carbocycles. The van der Waals surface area contributed by atoms with Gasteiger partial charge in [-0.15, -0.1) is 5.10 Å². The summed E-state index contributed by atoms with van der Waals surface area (Å²) < 4.78 is 12.2. The zero-order valence-corrected chi connectivity index (χ0v) is 15.5. The quantitative estimate of drug-likeness (QED) is 0.527. The van der Waals surface area contributed by atoms with Crippen molar-refractivity contribution in [3.05, 3.63) is 60.7 Å². The van der Waals surface area contributed by atoms with Gasteiger partial charge in [-0.2, -0.15) is 4.98 Å². The van der Waals surface area contributed by atoms with Crippen LogP contribution in [-0.2, 0) is 0 Å². The number of piperidine rings is 1. The van der Waals surface area contributed by atoms with Crippen molar-refractivity contribution in [3.8, 4) is 23.0 Å². The zero-order chi connectivity index (χ0) is 19.6. The van der Waals surface area contributed by atoms with Crippen LogP contribution >= 0.6 is 0 Å². The maximum Gasteiger partial charge on any atom is 0.280 e. The molecule has 9 nitrogen and oxygen atoms in total. The average molecular weight is 390 g/mol. The Morgan fingerprint density at radius 3 is 2.90 bits per heavy atom. The van der Waals surface area contributed by atoms with Gasteiger partial charge in [-0.05, 0) is 18.9 Å². The third kappa shape index (κ3) is 3.42. The summed E-state index contributed by atoms with van der Waals surface area (Å²) in [6.07, 6.45) is 6.57. The highest BCUT2D eigenvalue weighted by molar-refractivity contribution is 5.93. The van der Waals surface area contributed by atoms with Gasteiger partial charge in [0.15, 0.2) is 5.69 Å². The van der Waals surface area contributed by atoms with Gasteiger partial charge in [0.2, 0.25) is 5.82 Å². The second-order valence-electron chi connectivity index (χ2n) is 6.93. The molecule has 1 aliphatic heterocycles. The SMILES string of the molecule is O=C(c1ccoc1)N1CCCC(n2cc(-c3nc(-c4ccccc4)no3)nn2)C1. The molecule has 0 saturated carbocycles. The average Bonchev–Trinajstić information content (AvgIpc) is 3.55. The van der Waals surface area contributed by atoms with Crippen LogP contribution in [0.4, 0.5) is 0 Å². The number of benzene rings is 1. The lowest BCUT2D eigenvalue weighted by atomic mass is 10.1. The fraction of sp³-hybridized carbons (Fsp3) is 0.250. The third-order valence-electron chi connectivity index (χ3n) is 5.01. The molecule has 4 heterocycles. The Labute approximate surface area is 165 Å². The Kier molecular flexibility index (Phi) is 4.39. The molecule has 146 valence electrons. The van der Waals surface area contributed by atoms with E-state index in [0.717, 1.165) is 18.4 Å². The first kappa shape index (κ1) is 17.4. The predicted molar refractivity (Wildman–Crippen MR) is 102 cm³/mol. The van der Waals surface area contributed by atoms with Gasteiger partial charge in [0, 0.05) is 18.7 Å². The normalized spacial score (nSPS) is 16.8. The van der Waals surface area contributed by atoms with E-state index in [1.54, 1.807) is 16.9 Å². The topological polar surface area (TPSA) is 103 Å². The first-order valence-corrected chi connectivity index (χ1v) is 9.41. The lowest BCUT2D eigenvalue weighted by Gasteiger charge is -2.32. The minimum atomic E-state index is -0.0341. The summed E-state index contributed by atoms with van der Waals surface area (Å²) in [6.45, 7) is 1.28. The molecule has 1 atom stereocenters. The smallest absolute Gasteiger partial charge is 0.280 e. The molecule has 1 unspecified atom stereocenters. The van der Waals surface area contributed by atoms with Gasteiger partial charge in [0.1, 0.15) is 6.26 Å². The van der Waals surface area contributed by atoms with Crippen LogP contribution in [0, 0.1) is 0 Å². The number of furan rings is 1. The number of rotatable bonds is 4. The van der Waals surface area contributed by atoms with E-state index in [2.05, 4.69) is 20.5 Å². The molecular weight excluding hydrogens is 372 g/mol. The summed E-state index contributed by atoms with van der Waals surface area (Å²) >= 11 is 0. The molecule has 0 N–H and O–H groups in total. The maximum atomic E-state index is 12.6. The van der Waals surface area contributed by atoms with Crippen LogP contribution in [0.15, 0.2) is 64.1 Å². The predicted octanol–water partition coefficient (Wildman–Crippen LogP) is 3.07. The molecule has 1 fully saturated rings. The summed E-state index contributed by atoms with van der Waals surface area (Å²) in [5, 5.41) is 12.4. The van der Waals surface area contributed by atoms with Crippen molar-refractivity contribution in [3.63, 3.8) is 0 Å². The van der Waals surface area contributed by atoms with E-state index in [1.807, 2.05) is 35.2 Å². The molecule has 3 aromatic heterocycles. The van der Waals surface area contributed by atoms with Gasteiger partial charge in [0.05, 0.1) is 24.1 Å². The second-order valence-corrected chi connectivity index (χ2v) is 6.93. The highest BCUT2D eigenvalue weighted by Gasteiger charge is 2.27. The van der Waals surface area contributed by atoms with Crippen molar-refractivity contribution < 1.29 is 13.7 Å². The lowest BCUT2D eigenvalue weighted by Crippen LogP contribution is -2.40. The molecule has 1 amide bonds. The van der Waals surface area contributed by atoms with E-state index >= 15 is 0 Å². The molecule has 0 radical (unpaired) electrons. The fourth-order valence-corrected chi connectivity index (χ4v) is 3.51. The number of hydrogen-bond acceptors (Lipinski definition) is 7. The van der Waals surface area contributed by atoms with Crippen LogP contribution in [0.2, 0.25) is 0 Å². The van der Waals surface area contributed by atoms with Gasteiger partial charge in [-0.25, -0.2) is 4.68 Å². The minimum Gasteiger partial charge on any atom is -0.472 e. The Bertz CT molecular complexity index is 1100. The van der Waals surface area contributed by atoms with Gasteiger partial charge in [-0.1, -0.05) is 40.7 Å². The molecule has 9 heteroatoms. The summed E-state index contributed by atoms with van der Waals surface area (Å²) in [7, 11) is 0. The molecular formula is C20H18N6O3.